The molecule has 0 bridgehead atoms. The standard InChI is InChI=1S/C10H13NO3/c1-3-11-8-6-4-5-7(9(8)12)10(13)14-2/h4-6,11-12H,3H2,1-2H3. The topological polar surface area (TPSA) is 58.6 Å². The molecule has 0 atom stereocenters. The van der Waals surface area contributed by atoms with Crippen LogP contribution < -0.4 is 5.32 Å². The predicted molar refractivity (Wildman–Crippen MR) is 53.6 cm³/mol. The minimum Gasteiger partial charge on any atom is -0.505 e. The Morgan fingerprint density at radius 1 is 1.57 bits per heavy atom. The molecular formula is C10H13NO3. The van der Waals surface area contributed by atoms with Gasteiger partial charge in [0.05, 0.1) is 12.8 Å². The minimum absolute atomic E-state index is 0.0683. The van der Waals surface area contributed by atoms with E-state index in [-0.39, 0.29) is 11.3 Å². The number of benzene rings is 1. The molecule has 0 aliphatic rings. The Morgan fingerprint density at radius 2 is 2.29 bits per heavy atom. The van der Waals surface area contributed by atoms with E-state index in [1.807, 2.05) is 6.92 Å². The van der Waals surface area contributed by atoms with Gasteiger partial charge in [-0.3, -0.25) is 0 Å². The highest BCUT2D eigenvalue weighted by Gasteiger charge is 2.13. The summed E-state index contributed by atoms with van der Waals surface area (Å²) in [5, 5.41) is 12.6. The van der Waals surface area contributed by atoms with Crippen molar-refractivity contribution in [2.75, 3.05) is 19.0 Å². The van der Waals surface area contributed by atoms with E-state index in [9.17, 15) is 9.90 Å². The van der Waals surface area contributed by atoms with Gasteiger partial charge in [0.1, 0.15) is 5.56 Å². The number of phenolic OH excluding ortho intramolecular Hbond substituents is 1. The molecule has 0 saturated heterocycles. The number of esters is 1. The number of rotatable bonds is 3. The first-order valence-corrected chi connectivity index (χ1v) is 4.34. The van der Waals surface area contributed by atoms with Gasteiger partial charge in [-0.1, -0.05) is 6.07 Å². The highest BCUT2D eigenvalue weighted by atomic mass is 16.5. The average Bonchev–Trinajstić information content (AvgIpc) is 2.20. The number of para-hydroxylation sites is 1. The van der Waals surface area contributed by atoms with Crippen molar-refractivity contribution in [3.8, 4) is 5.75 Å². The molecule has 0 fully saturated rings. The molecule has 0 aliphatic carbocycles. The molecule has 0 aromatic heterocycles. The number of aromatic hydroxyl groups is 1. The van der Waals surface area contributed by atoms with E-state index in [0.29, 0.717) is 12.2 Å². The molecule has 1 aromatic rings. The van der Waals surface area contributed by atoms with Gasteiger partial charge in [-0.05, 0) is 19.1 Å². The van der Waals surface area contributed by atoms with Crippen LogP contribution in [0.2, 0.25) is 0 Å². The molecule has 4 heteroatoms. The third kappa shape index (κ3) is 1.96. The quantitative estimate of drug-likeness (QED) is 0.568. The molecule has 0 aliphatic heterocycles. The van der Waals surface area contributed by atoms with Crippen molar-refractivity contribution in [3.05, 3.63) is 23.8 Å². The van der Waals surface area contributed by atoms with E-state index in [4.69, 9.17) is 0 Å². The first-order valence-electron chi connectivity index (χ1n) is 4.34. The van der Waals surface area contributed by atoms with E-state index in [1.54, 1.807) is 12.1 Å². The summed E-state index contributed by atoms with van der Waals surface area (Å²) in [4.78, 5) is 11.2. The zero-order valence-electron chi connectivity index (χ0n) is 8.20. The second kappa shape index (κ2) is 4.50. The summed E-state index contributed by atoms with van der Waals surface area (Å²) < 4.78 is 4.52. The molecule has 0 heterocycles. The van der Waals surface area contributed by atoms with Crippen LogP contribution in [0, 0.1) is 0 Å². The molecule has 1 aromatic carbocycles. The number of hydrogen-bond donors (Lipinski definition) is 2. The summed E-state index contributed by atoms with van der Waals surface area (Å²) in [6, 6.07) is 4.90. The van der Waals surface area contributed by atoms with E-state index < -0.39 is 5.97 Å². The van der Waals surface area contributed by atoms with Crippen molar-refractivity contribution < 1.29 is 14.6 Å². The maximum absolute atomic E-state index is 11.2. The fourth-order valence-corrected chi connectivity index (χ4v) is 1.15. The van der Waals surface area contributed by atoms with Crippen LogP contribution in [0.3, 0.4) is 0 Å². The van der Waals surface area contributed by atoms with Crippen molar-refractivity contribution in [2.24, 2.45) is 0 Å². The monoisotopic (exact) mass is 195 g/mol. The van der Waals surface area contributed by atoms with Gasteiger partial charge in [0.2, 0.25) is 0 Å². The van der Waals surface area contributed by atoms with Gasteiger partial charge in [0.25, 0.3) is 0 Å². The molecule has 0 spiro atoms. The SMILES string of the molecule is CCNc1cccc(C(=O)OC)c1O. The van der Waals surface area contributed by atoms with Crippen LogP contribution in [-0.4, -0.2) is 24.7 Å². The smallest absolute Gasteiger partial charge is 0.341 e. The summed E-state index contributed by atoms with van der Waals surface area (Å²) in [5.74, 6) is -0.608. The third-order valence-electron chi connectivity index (χ3n) is 1.81. The molecule has 0 unspecified atom stereocenters. The summed E-state index contributed by atoms with van der Waals surface area (Å²) in [6.07, 6.45) is 0. The lowest BCUT2D eigenvalue weighted by Gasteiger charge is -2.08. The van der Waals surface area contributed by atoms with Gasteiger partial charge in [0, 0.05) is 6.54 Å². The Labute approximate surface area is 82.5 Å². The number of anilines is 1. The van der Waals surface area contributed by atoms with Gasteiger partial charge in [-0.25, -0.2) is 4.79 Å². The Morgan fingerprint density at radius 3 is 2.86 bits per heavy atom. The number of methoxy groups -OCH3 is 1. The van der Waals surface area contributed by atoms with Crippen molar-refractivity contribution in [1.82, 2.24) is 0 Å². The maximum Gasteiger partial charge on any atom is 0.341 e. The maximum atomic E-state index is 11.2. The summed E-state index contributed by atoms with van der Waals surface area (Å²) in [7, 11) is 1.28. The summed E-state index contributed by atoms with van der Waals surface area (Å²) in [5.41, 5.74) is 0.710. The zero-order chi connectivity index (χ0) is 10.6. The van der Waals surface area contributed by atoms with E-state index in [0.717, 1.165) is 0 Å². The van der Waals surface area contributed by atoms with Crippen LogP contribution in [0.15, 0.2) is 18.2 Å². The lowest BCUT2D eigenvalue weighted by molar-refractivity contribution is 0.0597. The first kappa shape index (κ1) is 10.4. The Bertz CT molecular complexity index is 336. The molecule has 76 valence electrons. The molecule has 0 saturated carbocycles. The van der Waals surface area contributed by atoms with Crippen molar-refractivity contribution in [2.45, 2.75) is 6.92 Å². The first-order chi connectivity index (χ1) is 6.70. The second-order valence-electron chi connectivity index (χ2n) is 2.72. The fraction of sp³-hybridized carbons (Fsp3) is 0.300. The predicted octanol–water partition coefficient (Wildman–Crippen LogP) is 1.61. The molecule has 0 radical (unpaired) electrons. The Hall–Kier alpha value is -1.71. The van der Waals surface area contributed by atoms with Gasteiger partial charge in [0.15, 0.2) is 5.75 Å². The number of ether oxygens (including phenoxy) is 1. The number of carbonyl (C=O) groups is 1. The van der Waals surface area contributed by atoms with Crippen LogP contribution in [0.4, 0.5) is 5.69 Å². The van der Waals surface area contributed by atoms with Crippen molar-refractivity contribution >= 4 is 11.7 Å². The third-order valence-corrected chi connectivity index (χ3v) is 1.81. The highest BCUT2D eigenvalue weighted by Crippen LogP contribution is 2.27. The lowest BCUT2D eigenvalue weighted by atomic mass is 10.1. The van der Waals surface area contributed by atoms with Crippen LogP contribution in [0.1, 0.15) is 17.3 Å². The normalized spacial score (nSPS) is 9.57. The molecule has 14 heavy (non-hydrogen) atoms. The molecule has 1 rings (SSSR count). The lowest BCUT2D eigenvalue weighted by Crippen LogP contribution is -2.04. The van der Waals surface area contributed by atoms with Gasteiger partial charge in [-0.15, -0.1) is 0 Å². The molecule has 0 amide bonds. The van der Waals surface area contributed by atoms with Crippen LogP contribution in [0.25, 0.3) is 0 Å². The van der Waals surface area contributed by atoms with Gasteiger partial charge >= 0.3 is 5.97 Å². The van der Waals surface area contributed by atoms with Gasteiger partial charge in [-0.2, -0.15) is 0 Å². The summed E-state index contributed by atoms with van der Waals surface area (Å²) in [6.45, 7) is 2.59. The molecular weight excluding hydrogens is 182 g/mol. The number of carbonyl (C=O) groups excluding carboxylic acids is 1. The zero-order valence-corrected chi connectivity index (χ0v) is 8.20. The largest absolute Gasteiger partial charge is 0.505 e. The number of phenols is 1. The van der Waals surface area contributed by atoms with E-state index in [1.165, 1.54) is 13.2 Å². The Kier molecular flexibility index (Phi) is 3.34. The van der Waals surface area contributed by atoms with E-state index in [2.05, 4.69) is 10.1 Å². The summed E-state index contributed by atoms with van der Waals surface area (Å²) >= 11 is 0. The number of hydrogen-bond acceptors (Lipinski definition) is 4. The van der Waals surface area contributed by atoms with Gasteiger partial charge < -0.3 is 15.2 Å². The van der Waals surface area contributed by atoms with Crippen LogP contribution in [-0.2, 0) is 4.74 Å². The highest BCUT2D eigenvalue weighted by molar-refractivity contribution is 5.94. The molecule has 2 N–H and O–H groups in total. The number of nitrogens with one attached hydrogen (secondary N) is 1. The van der Waals surface area contributed by atoms with Crippen LogP contribution >= 0.6 is 0 Å². The molecule has 4 nitrogen and oxygen atoms in total. The van der Waals surface area contributed by atoms with E-state index >= 15 is 0 Å². The minimum atomic E-state index is -0.540. The second-order valence-corrected chi connectivity index (χ2v) is 2.72. The Balaban J connectivity index is 3.07. The van der Waals surface area contributed by atoms with Crippen molar-refractivity contribution in [3.63, 3.8) is 0 Å². The van der Waals surface area contributed by atoms with Crippen LogP contribution in [0.5, 0.6) is 5.75 Å². The fourth-order valence-electron chi connectivity index (χ4n) is 1.15. The van der Waals surface area contributed by atoms with Crippen molar-refractivity contribution in [1.29, 1.82) is 0 Å². The average molecular weight is 195 g/mol.